The molecular weight excluding hydrogens is 400 g/mol. The topological polar surface area (TPSA) is 125 Å². The molecule has 0 aliphatic heterocycles. The Kier molecular flexibility index (Phi) is 7.25. The van der Waals surface area contributed by atoms with Crippen LogP contribution in [0.5, 0.6) is 0 Å². The normalized spacial score (nSPS) is 14.1. The minimum atomic E-state index is -1.34. The zero-order valence-electron chi connectivity index (χ0n) is 17.2. The highest BCUT2D eigenvalue weighted by Crippen LogP contribution is 2.44. The molecular formula is C23H26N2O6. The van der Waals surface area contributed by atoms with Gasteiger partial charge in [0.25, 0.3) is 0 Å². The van der Waals surface area contributed by atoms with Crippen LogP contribution in [0.3, 0.4) is 0 Å². The summed E-state index contributed by atoms with van der Waals surface area (Å²) < 4.78 is 5.47. The molecule has 0 saturated heterocycles. The molecule has 31 heavy (non-hydrogen) atoms. The fourth-order valence-corrected chi connectivity index (χ4v) is 3.71. The Balaban J connectivity index is 1.48. The van der Waals surface area contributed by atoms with E-state index in [1.54, 1.807) is 6.92 Å². The van der Waals surface area contributed by atoms with Crippen molar-refractivity contribution in [2.24, 2.45) is 0 Å². The highest BCUT2D eigenvalue weighted by Gasteiger charge is 2.29. The summed E-state index contributed by atoms with van der Waals surface area (Å²) in [5, 5.41) is 22.7. The lowest BCUT2D eigenvalue weighted by Gasteiger charge is -2.17. The number of carbonyl (C=O) groups is 3. The predicted molar refractivity (Wildman–Crippen MR) is 114 cm³/mol. The van der Waals surface area contributed by atoms with Crippen molar-refractivity contribution in [1.29, 1.82) is 0 Å². The first kappa shape index (κ1) is 22.3. The molecule has 1 aliphatic rings. The Morgan fingerprint density at radius 2 is 1.58 bits per heavy atom. The second-order valence-corrected chi connectivity index (χ2v) is 7.55. The van der Waals surface area contributed by atoms with E-state index in [0.29, 0.717) is 6.42 Å². The van der Waals surface area contributed by atoms with Gasteiger partial charge >= 0.3 is 12.1 Å². The molecule has 1 unspecified atom stereocenters. The minimum absolute atomic E-state index is 0.00853. The molecule has 0 bridgehead atoms. The number of amides is 2. The smallest absolute Gasteiger partial charge is 0.407 e. The van der Waals surface area contributed by atoms with E-state index >= 15 is 0 Å². The van der Waals surface area contributed by atoms with Gasteiger partial charge in [0.2, 0.25) is 5.91 Å². The molecule has 2 aromatic carbocycles. The van der Waals surface area contributed by atoms with Crippen molar-refractivity contribution < 1.29 is 29.3 Å². The summed E-state index contributed by atoms with van der Waals surface area (Å²) in [7, 11) is 0. The van der Waals surface area contributed by atoms with E-state index in [-0.39, 0.29) is 25.0 Å². The van der Waals surface area contributed by atoms with Gasteiger partial charge in [-0.15, -0.1) is 0 Å². The van der Waals surface area contributed by atoms with Gasteiger partial charge in [0.1, 0.15) is 12.6 Å². The third-order valence-electron chi connectivity index (χ3n) is 5.33. The Morgan fingerprint density at radius 1 is 1.00 bits per heavy atom. The van der Waals surface area contributed by atoms with E-state index in [1.807, 2.05) is 36.4 Å². The molecule has 0 saturated carbocycles. The van der Waals surface area contributed by atoms with E-state index in [2.05, 4.69) is 22.8 Å². The first-order chi connectivity index (χ1) is 14.9. The summed E-state index contributed by atoms with van der Waals surface area (Å²) in [4.78, 5) is 34.9. The molecule has 2 atom stereocenters. The standard InChI is InChI=1S/C23H26N2O6/c1-14(10-11-21(27)25-20(12-26)22(28)29)24-23(30)31-13-19-17-8-4-2-6-15(17)16-7-3-5-9-18(16)19/h2-9,14,19-20,26H,10-13H2,1H3,(H,24,30)(H,25,27)(H,28,29)/t14?,20-/m1/s1. The molecule has 0 aromatic heterocycles. The second-order valence-electron chi connectivity index (χ2n) is 7.55. The van der Waals surface area contributed by atoms with Crippen molar-refractivity contribution in [3.05, 3.63) is 59.7 Å². The molecule has 3 rings (SSSR count). The number of benzene rings is 2. The Hall–Kier alpha value is -3.39. The summed E-state index contributed by atoms with van der Waals surface area (Å²) in [5.41, 5.74) is 4.54. The minimum Gasteiger partial charge on any atom is -0.480 e. The molecule has 0 heterocycles. The van der Waals surface area contributed by atoms with Crippen LogP contribution in [0, 0.1) is 0 Å². The van der Waals surface area contributed by atoms with Gasteiger partial charge in [-0.2, -0.15) is 0 Å². The summed E-state index contributed by atoms with van der Waals surface area (Å²) in [5.74, 6) is -1.85. The highest BCUT2D eigenvalue weighted by atomic mass is 16.5. The molecule has 2 amide bonds. The van der Waals surface area contributed by atoms with Crippen LogP contribution in [0.25, 0.3) is 11.1 Å². The predicted octanol–water partition coefficient (Wildman–Crippen LogP) is 2.26. The van der Waals surface area contributed by atoms with Crippen LogP contribution in [0.1, 0.15) is 36.8 Å². The van der Waals surface area contributed by atoms with Gasteiger partial charge in [-0.1, -0.05) is 48.5 Å². The molecule has 0 fully saturated rings. The average molecular weight is 426 g/mol. The maximum absolute atomic E-state index is 12.2. The van der Waals surface area contributed by atoms with Crippen molar-refractivity contribution >= 4 is 18.0 Å². The molecule has 164 valence electrons. The quantitative estimate of drug-likeness (QED) is 0.487. The van der Waals surface area contributed by atoms with E-state index in [0.717, 1.165) is 22.3 Å². The number of ether oxygens (including phenoxy) is 1. The number of nitrogens with one attached hydrogen (secondary N) is 2. The van der Waals surface area contributed by atoms with Crippen LogP contribution in [-0.4, -0.2) is 53.5 Å². The van der Waals surface area contributed by atoms with Crippen molar-refractivity contribution in [3.8, 4) is 11.1 Å². The number of alkyl carbamates (subject to hydrolysis) is 1. The third-order valence-corrected chi connectivity index (χ3v) is 5.33. The number of aliphatic carboxylic acids is 1. The molecule has 2 aromatic rings. The van der Waals surface area contributed by atoms with Crippen molar-refractivity contribution in [1.82, 2.24) is 10.6 Å². The van der Waals surface area contributed by atoms with Gasteiger partial charge in [-0.25, -0.2) is 9.59 Å². The zero-order valence-corrected chi connectivity index (χ0v) is 17.2. The molecule has 4 N–H and O–H groups in total. The Labute approximate surface area is 180 Å². The van der Waals surface area contributed by atoms with Gasteiger partial charge < -0.3 is 25.6 Å². The number of rotatable bonds is 9. The van der Waals surface area contributed by atoms with Gasteiger partial charge in [0.15, 0.2) is 0 Å². The Morgan fingerprint density at radius 3 is 2.13 bits per heavy atom. The van der Waals surface area contributed by atoms with E-state index in [9.17, 15) is 14.4 Å². The van der Waals surface area contributed by atoms with Crippen LogP contribution in [-0.2, 0) is 14.3 Å². The number of carbonyl (C=O) groups excluding carboxylic acids is 2. The van der Waals surface area contributed by atoms with Crippen LogP contribution in [0.2, 0.25) is 0 Å². The van der Waals surface area contributed by atoms with Crippen LogP contribution >= 0.6 is 0 Å². The number of hydrogen-bond donors (Lipinski definition) is 4. The first-order valence-electron chi connectivity index (χ1n) is 10.1. The molecule has 1 aliphatic carbocycles. The fourth-order valence-electron chi connectivity index (χ4n) is 3.71. The maximum atomic E-state index is 12.2. The maximum Gasteiger partial charge on any atom is 0.407 e. The fraction of sp³-hybridized carbons (Fsp3) is 0.348. The number of aliphatic hydroxyl groups is 1. The van der Waals surface area contributed by atoms with Gasteiger partial charge in [0, 0.05) is 18.4 Å². The highest BCUT2D eigenvalue weighted by molar-refractivity contribution is 5.83. The van der Waals surface area contributed by atoms with Crippen LogP contribution in [0.4, 0.5) is 4.79 Å². The summed E-state index contributed by atoms with van der Waals surface area (Å²) in [6.45, 7) is 1.24. The van der Waals surface area contributed by atoms with Crippen molar-refractivity contribution in [2.45, 2.75) is 37.8 Å². The lowest BCUT2D eigenvalue weighted by molar-refractivity contribution is -0.142. The molecule has 0 spiro atoms. The number of aliphatic hydroxyl groups excluding tert-OH is 1. The lowest BCUT2D eigenvalue weighted by Crippen LogP contribution is -2.43. The molecule has 8 nitrogen and oxygen atoms in total. The van der Waals surface area contributed by atoms with E-state index in [1.165, 1.54) is 0 Å². The zero-order chi connectivity index (χ0) is 22.4. The summed E-state index contributed by atoms with van der Waals surface area (Å²) in [6, 6.07) is 14.4. The van der Waals surface area contributed by atoms with Crippen LogP contribution in [0.15, 0.2) is 48.5 Å². The van der Waals surface area contributed by atoms with E-state index in [4.69, 9.17) is 14.9 Å². The summed E-state index contributed by atoms with van der Waals surface area (Å²) in [6.07, 6.45) is -0.267. The van der Waals surface area contributed by atoms with Crippen molar-refractivity contribution in [2.75, 3.05) is 13.2 Å². The average Bonchev–Trinajstić information content (AvgIpc) is 3.08. The van der Waals surface area contributed by atoms with Gasteiger partial charge in [-0.05, 0) is 35.6 Å². The Bertz CT molecular complexity index is 915. The number of carboxylic acid groups (broad SMARTS) is 1. The molecule has 0 radical (unpaired) electrons. The van der Waals surface area contributed by atoms with Gasteiger partial charge in [0.05, 0.1) is 6.61 Å². The van der Waals surface area contributed by atoms with Crippen molar-refractivity contribution in [3.63, 3.8) is 0 Å². The third kappa shape index (κ3) is 5.40. The summed E-state index contributed by atoms with van der Waals surface area (Å²) >= 11 is 0. The number of fused-ring (bicyclic) bond motifs is 3. The largest absolute Gasteiger partial charge is 0.480 e. The van der Waals surface area contributed by atoms with E-state index < -0.39 is 30.6 Å². The second kappa shape index (κ2) is 10.1. The number of hydrogen-bond acceptors (Lipinski definition) is 5. The monoisotopic (exact) mass is 426 g/mol. The SMILES string of the molecule is CC(CCC(=O)N[C@H](CO)C(=O)O)NC(=O)OCC1c2ccccc2-c2ccccc21. The molecule has 8 heteroatoms. The first-order valence-corrected chi connectivity index (χ1v) is 10.1. The number of carboxylic acids is 1. The lowest BCUT2D eigenvalue weighted by atomic mass is 9.98. The van der Waals surface area contributed by atoms with Gasteiger partial charge in [-0.3, -0.25) is 4.79 Å². The van der Waals surface area contributed by atoms with Crippen LogP contribution < -0.4 is 10.6 Å².